The predicted octanol–water partition coefficient (Wildman–Crippen LogP) is 2.56. The molecule has 178 valence electrons. The minimum absolute atomic E-state index is 0. The molecule has 3 rings (SSSR count). The number of benzene rings is 1. The van der Waals surface area contributed by atoms with Crippen LogP contribution in [0.1, 0.15) is 31.3 Å². The maximum atomic E-state index is 10.7. The lowest BCUT2D eigenvalue weighted by atomic mass is 10.1. The highest BCUT2D eigenvalue weighted by molar-refractivity contribution is 14.0. The van der Waals surface area contributed by atoms with Gasteiger partial charge in [0.05, 0.1) is 26.9 Å². The van der Waals surface area contributed by atoms with Crippen molar-refractivity contribution in [1.29, 1.82) is 0 Å². The predicted molar refractivity (Wildman–Crippen MR) is 139 cm³/mol. The van der Waals surface area contributed by atoms with E-state index in [0.717, 1.165) is 56.1 Å². The second-order valence-electron chi connectivity index (χ2n) is 7.18. The van der Waals surface area contributed by atoms with Crippen LogP contribution in [0.25, 0.3) is 0 Å². The zero-order valence-electron chi connectivity index (χ0n) is 19.1. The van der Waals surface area contributed by atoms with Crippen molar-refractivity contribution in [2.75, 3.05) is 58.4 Å². The van der Waals surface area contributed by atoms with Gasteiger partial charge in [0.1, 0.15) is 17.3 Å². The number of aromatic nitrogens is 2. The normalized spacial score (nSPS) is 15.2. The van der Waals surface area contributed by atoms with E-state index in [-0.39, 0.29) is 30.5 Å². The second kappa shape index (κ2) is 13.0. The number of ether oxygens (including phenoxy) is 2. The largest absolute Gasteiger partial charge is 0.497 e. The fraction of sp³-hybridized carbons (Fsp3) is 0.571. The van der Waals surface area contributed by atoms with Crippen LogP contribution in [0.3, 0.4) is 0 Å². The number of anilines is 1. The highest BCUT2D eigenvalue weighted by Gasteiger charge is 2.22. The van der Waals surface area contributed by atoms with E-state index in [1.54, 1.807) is 32.4 Å². The number of hydrogen-bond acceptors (Lipinski definition) is 8. The first kappa shape index (κ1) is 26.4. The highest BCUT2D eigenvalue weighted by Crippen LogP contribution is 2.26. The van der Waals surface area contributed by atoms with Crippen LogP contribution in [0.4, 0.5) is 5.13 Å². The first-order chi connectivity index (χ1) is 15.1. The SMILES string of the molecule is CCNC(=NCC(O)c1cc(OC)cc(OC)c1)N1CCN(c2nc(CC)ns2)CC1.I. The fourth-order valence-corrected chi connectivity index (χ4v) is 4.15. The van der Waals surface area contributed by atoms with Crippen LogP contribution in [0.2, 0.25) is 0 Å². The van der Waals surface area contributed by atoms with E-state index in [9.17, 15) is 5.11 Å². The molecule has 0 radical (unpaired) electrons. The number of aliphatic imine (C=N–C) groups is 1. The molecule has 2 N–H and O–H groups in total. The zero-order chi connectivity index (χ0) is 22.2. The second-order valence-corrected chi connectivity index (χ2v) is 7.91. The van der Waals surface area contributed by atoms with E-state index in [1.807, 2.05) is 6.92 Å². The minimum atomic E-state index is -0.757. The highest BCUT2D eigenvalue weighted by atomic mass is 127. The number of hydrogen-bond donors (Lipinski definition) is 2. The molecule has 1 atom stereocenters. The van der Waals surface area contributed by atoms with Gasteiger partial charge in [-0.25, -0.2) is 4.98 Å². The number of guanidine groups is 1. The molecule has 2 heterocycles. The molecule has 0 bridgehead atoms. The molecule has 1 fully saturated rings. The molecule has 9 nitrogen and oxygen atoms in total. The molecule has 1 aromatic carbocycles. The van der Waals surface area contributed by atoms with Gasteiger partial charge >= 0.3 is 0 Å². The van der Waals surface area contributed by atoms with Crippen LogP contribution in [0, 0.1) is 0 Å². The molecule has 1 aromatic heterocycles. The van der Waals surface area contributed by atoms with E-state index in [2.05, 4.69) is 31.4 Å². The summed E-state index contributed by atoms with van der Waals surface area (Å²) in [5, 5.41) is 15.0. The summed E-state index contributed by atoms with van der Waals surface area (Å²) in [6.07, 6.45) is 0.0997. The van der Waals surface area contributed by atoms with Crippen molar-refractivity contribution in [2.45, 2.75) is 26.4 Å². The Balaban J connectivity index is 0.00000363. The van der Waals surface area contributed by atoms with Crippen molar-refractivity contribution in [3.8, 4) is 11.5 Å². The number of aliphatic hydroxyl groups excluding tert-OH is 1. The molecule has 1 unspecified atom stereocenters. The van der Waals surface area contributed by atoms with Crippen molar-refractivity contribution in [3.05, 3.63) is 29.6 Å². The Hall–Kier alpha value is -1.86. The van der Waals surface area contributed by atoms with E-state index in [0.29, 0.717) is 17.1 Å². The molecule has 0 spiro atoms. The molecule has 0 saturated carbocycles. The van der Waals surface area contributed by atoms with Crippen LogP contribution in [0.15, 0.2) is 23.2 Å². The Morgan fingerprint density at radius 2 is 1.81 bits per heavy atom. The minimum Gasteiger partial charge on any atom is -0.497 e. The topological polar surface area (TPSA) is 95.3 Å². The van der Waals surface area contributed by atoms with Gasteiger partial charge in [0.25, 0.3) is 0 Å². The Labute approximate surface area is 211 Å². The zero-order valence-corrected chi connectivity index (χ0v) is 22.2. The maximum Gasteiger partial charge on any atom is 0.205 e. The van der Waals surface area contributed by atoms with Gasteiger partial charge in [-0.3, -0.25) is 4.99 Å². The number of nitrogens with zero attached hydrogens (tertiary/aromatic N) is 5. The summed E-state index contributed by atoms with van der Waals surface area (Å²) in [6.45, 7) is 8.50. The third kappa shape index (κ3) is 6.82. The Morgan fingerprint density at radius 3 is 2.34 bits per heavy atom. The third-order valence-electron chi connectivity index (χ3n) is 5.13. The third-order valence-corrected chi connectivity index (χ3v) is 5.95. The lowest BCUT2D eigenvalue weighted by Gasteiger charge is -2.36. The van der Waals surface area contributed by atoms with Crippen molar-refractivity contribution < 1.29 is 14.6 Å². The van der Waals surface area contributed by atoms with Crippen LogP contribution in [0.5, 0.6) is 11.5 Å². The molecule has 0 amide bonds. The number of halogens is 1. The molecule has 1 saturated heterocycles. The van der Waals surface area contributed by atoms with Crippen molar-refractivity contribution in [3.63, 3.8) is 0 Å². The van der Waals surface area contributed by atoms with Gasteiger partial charge in [-0.05, 0) is 24.6 Å². The van der Waals surface area contributed by atoms with E-state index in [1.165, 1.54) is 11.5 Å². The molecule has 32 heavy (non-hydrogen) atoms. The fourth-order valence-electron chi connectivity index (χ4n) is 3.35. The van der Waals surface area contributed by atoms with Gasteiger partial charge in [0, 0.05) is 56.7 Å². The monoisotopic (exact) mass is 576 g/mol. The average Bonchev–Trinajstić information content (AvgIpc) is 3.30. The number of methoxy groups -OCH3 is 2. The first-order valence-electron chi connectivity index (χ1n) is 10.6. The van der Waals surface area contributed by atoms with E-state index >= 15 is 0 Å². The van der Waals surface area contributed by atoms with Crippen LogP contribution in [-0.2, 0) is 6.42 Å². The number of piperazine rings is 1. The molecule has 0 aliphatic carbocycles. The lowest BCUT2D eigenvalue weighted by Crippen LogP contribution is -2.52. The maximum absolute atomic E-state index is 10.7. The Kier molecular flexibility index (Phi) is 10.7. The number of aryl methyl sites for hydroxylation is 1. The number of rotatable bonds is 8. The molecule has 1 aliphatic heterocycles. The van der Waals surface area contributed by atoms with Crippen molar-refractivity contribution >= 4 is 46.6 Å². The number of aliphatic hydroxyl groups is 1. The summed E-state index contributed by atoms with van der Waals surface area (Å²) in [7, 11) is 3.19. The molecule has 1 aliphatic rings. The van der Waals surface area contributed by atoms with Crippen LogP contribution in [-0.4, -0.2) is 78.8 Å². The smallest absolute Gasteiger partial charge is 0.205 e. The quantitative estimate of drug-likeness (QED) is 0.282. The van der Waals surface area contributed by atoms with Crippen molar-refractivity contribution in [1.82, 2.24) is 19.6 Å². The first-order valence-corrected chi connectivity index (χ1v) is 11.4. The summed E-state index contributed by atoms with van der Waals surface area (Å²) < 4.78 is 15.0. The van der Waals surface area contributed by atoms with Gasteiger partial charge in [0.2, 0.25) is 5.13 Å². The van der Waals surface area contributed by atoms with Gasteiger partial charge in [-0.15, -0.1) is 24.0 Å². The molecular weight excluding hydrogens is 543 g/mol. The van der Waals surface area contributed by atoms with Crippen LogP contribution >= 0.6 is 35.5 Å². The Morgan fingerprint density at radius 1 is 1.16 bits per heavy atom. The Bertz CT molecular complexity index is 851. The van der Waals surface area contributed by atoms with Gasteiger partial charge < -0.3 is 29.7 Å². The lowest BCUT2D eigenvalue weighted by molar-refractivity contribution is 0.185. The van der Waals surface area contributed by atoms with Gasteiger partial charge in [-0.1, -0.05) is 6.92 Å². The van der Waals surface area contributed by atoms with Gasteiger partial charge in [-0.2, -0.15) is 4.37 Å². The van der Waals surface area contributed by atoms with E-state index < -0.39 is 6.10 Å². The summed E-state index contributed by atoms with van der Waals surface area (Å²) >= 11 is 1.47. The summed E-state index contributed by atoms with van der Waals surface area (Å²) in [5.74, 6) is 3.00. The molecule has 11 heteroatoms. The van der Waals surface area contributed by atoms with E-state index in [4.69, 9.17) is 14.5 Å². The van der Waals surface area contributed by atoms with Crippen LogP contribution < -0.4 is 19.7 Å². The average molecular weight is 577 g/mol. The summed E-state index contributed by atoms with van der Waals surface area (Å²) in [4.78, 5) is 13.8. The number of nitrogens with one attached hydrogen (secondary N) is 1. The standard InChI is InChI=1S/C21H32N6O3S.HI/c1-5-19-24-21(31-25-19)27-9-7-26(8-10-27)20(22-6-2)23-14-18(28)15-11-16(29-3)13-17(12-15)30-4;/h11-13,18,28H,5-10,14H2,1-4H3,(H,22,23);1H. The molecule has 2 aromatic rings. The van der Waals surface area contributed by atoms with Crippen molar-refractivity contribution in [2.24, 2.45) is 4.99 Å². The van der Waals surface area contributed by atoms with Gasteiger partial charge in [0.15, 0.2) is 5.96 Å². The summed E-state index contributed by atoms with van der Waals surface area (Å²) in [5.41, 5.74) is 0.712. The molecular formula is C21H33IN6O3S. The summed E-state index contributed by atoms with van der Waals surface area (Å²) in [6, 6.07) is 5.40.